The van der Waals surface area contributed by atoms with Crippen LogP contribution in [0.25, 0.3) is 0 Å². The number of fused-ring (bicyclic) bond motifs is 1. The Morgan fingerprint density at radius 1 is 1.00 bits per heavy atom. The van der Waals surface area contributed by atoms with Crippen molar-refractivity contribution in [2.45, 2.75) is 19.9 Å². The molecule has 0 spiro atoms. The van der Waals surface area contributed by atoms with Crippen molar-refractivity contribution in [3.8, 4) is 11.5 Å². The van der Waals surface area contributed by atoms with E-state index in [0.29, 0.717) is 12.7 Å². The fourth-order valence-electron chi connectivity index (χ4n) is 3.03. The van der Waals surface area contributed by atoms with Gasteiger partial charge in [0.1, 0.15) is 0 Å². The lowest BCUT2D eigenvalue weighted by molar-refractivity contribution is 0.174. The standard InChI is InChI=1S/C19H23NO2/c1-15(12-20(2)13-16-6-4-3-5-7-16)10-17-8-9-18-19(11-17)22-14-21-18/h3-9,11,15H,10,12-14H2,1-2H3. The predicted octanol–water partition coefficient (Wildman–Crippen LogP) is 3.73. The number of ether oxygens (including phenoxy) is 2. The molecule has 1 aliphatic heterocycles. The molecule has 1 atom stereocenters. The third-order valence-corrected chi connectivity index (χ3v) is 3.94. The molecule has 1 unspecified atom stereocenters. The summed E-state index contributed by atoms with van der Waals surface area (Å²) in [6.45, 7) is 4.70. The van der Waals surface area contributed by atoms with Gasteiger partial charge in [-0.2, -0.15) is 0 Å². The van der Waals surface area contributed by atoms with E-state index in [2.05, 4.69) is 61.3 Å². The third-order valence-electron chi connectivity index (χ3n) is 3.94. The summed E-state index contributed by atoms with van der Waals surface area (Å²) in [5.41, 5.74) is 2.67. The Morgan fingerprint density at radius 2 is 1.77 bits per heavy atom. The minimum absolute atomic E-state index is 0.341. The van der Waals surface area contributed by atoms with Crippen molar-refractivity contribution >= 4 is 0 Å². The highest BCUT2D eigenvalue weighted by atomic mass is 16.7. The second-order valence-electron chi connectivity index (χ2n) is 6.18. The lowest BCUT2D eigenvalue weighted by Crippen LogP contribution is -2.25. The molecule has 0 aliphatic carbocycles. The molecule has 0 radical (unpaired) electrons. The van der Waals surface area contributed by atoms with Crippen molar-refractivity contribution in [2.24, 2.45) is 5.92 Å². The van der Waals surface area contributed by atoms with E-state index < -0.39 is 0 Å². The first-order valence-corrected chi connectivity index (χ1v) is 7.81. The molecule has 3 heteroatoms. The Kier molecular flexibility index (Phi) is 4.64. The van der Waals surface area contributed by atoms with E-state index in [0.717, 1.165) is 31.0 Å². The van der Waals surface area contributed by atoms with Crippen molar-refractivity contribution in [1.82, 2.24) is 4.90 Å². The summed E-state index contributed by atoms with van der Waals surface area (Å²) < 4.78 is 10.8. The molecule has 0 fully saturated rings. The Balaban J connectivity index is 1.52. The van der Waals surface area contributed by atoms with Gasteiger partial charge in [0.15, 0.2) is 11.5 Å². The van der Waals surface area contributed by atoms with Crippen LogP contribution in [0.5, 0.6) is 11.5 Å². The summed E-state index contributed by atoms with van der Waals surface area (Å²) in [6, 6.07) is 16.9. The molecule has 116 valence electrons. The molecule has 2 aromatic carbocycles. The molecule has 1 aliphatic rings. The minimum Gasteiger partial charge on any atom is -0.454 e. The molecular weight excluding hydrogens is 274 g/mol. The Morgan fingerprint density at radius 3 is 2.59 bits per heavy atom. The van der Waals surface area contributed by atoms with Crippen LogP contribution in [-0.4, -0.2) is 25.3 Å². The summed E-state index contributed by atoms with van der Waals surface area (Å²) in [7, 11) is 2.18. The first-order chi connectivity index (χ1) is 10.7. The molecule has 0 amide bonds. The van der Waals surface area contributed by atoms with Crippen LogP contribution in [0.15, 0.2) is 48.5 Å². The van der Waals surface area contributed by atoms with Crippen molar-refractivity contribution in [2.75, 3.05) is 20.4 Å². The lowest BCUT2D eigenvalue weighted by Gasteiger charge is -2.21. The molecule has 0 saturated heterocycles. The molecule has 0 N–H and O–H groups in total. The van der Waals surface area contributed by atoms with Gasteiger partial charge >= 0.3 is 0 Å². The van der Waals surface area contributed by atoms with Crippen LogP contribution in [0.3, 0.4) is 0 Å². The van der Waals surface area contributed by atoms with Gasteiger partial charge in [-0.15, -0.1) is 0 Å². The highest BCUT2D eigenvalue weighted by Gasteiger charge is 2.15. The van der Waals surface area contributed by atoms with Gasteiger partial charge in [0.05, 0.1) is 0 Å². The van der Waals surface area contributed by atoms with Gasteiger partial charge in [-0.1, -0.05) is 43.3 Å². The maximum Gasteiger partial charge on any atom is 0.231 e. The van der Waals surface area contributed by atoms with E-state index in [4.69, 9.17) is 9.47 Å². The van der Waals surface area contributed by atoms with E-state index in [1.807, 2.05) is 6.07 Å². The maximum absolute atomic E-state index is 5.45. The van der Waals surface area contributed by atoms with E-state index in [9.17, 15) is 0 Å². The maximum atomic E-state index is 5.45. The van der Waals surface area contributed by atoms with E-state index in [-0.39, 0.29) is 0 Å². The first-order valence-electron chi connectivity index (χ1n) is 7.81. The quantitative estimate of drug-likeness (QED) is 0.811. The third kappa shape index (κ3) is 3.80. The summed E-state index contributed by atoms with van der Waals surface area (Å²) in [5, 5.41) is 0. The average molecular weight is 297 g/mol. The van der Waals surface area contributed by atoms with Crippen LogP contribution in [-0.2, 0) is 13.0 Å². The normalized spacial score (nSPS) is 14.3. The summed E-state index contributed by atoms with van der Waals surface area (Å²) in [5.74, 6) is 2.33. The van der Waals surface area contributed by atoms with Crippen molar-refractivity contribution < 1.29 is 9.47 Å². The predicted molar refractivity (Wildman–Crippen MR) is 88.2 cm³/mol. The highest BCUT2D eigenvalue weighted by molar-refractivity contribution is 5.44. The minimum atomic E-state index is 0.341. The summed E-state index contributed by atoms with van der Waals surface area (Å²) in [4.78, 5) is 2.38. The van der Waals surface area contributed by atoms with Crippen LogP contribution in [0.4, 0.5) is 0 Å². The van der Waals surface area contributed by atoms with Crippen LogP contribution in [0, 0.1) is 5.92 Å². The number of hydrogen-bond donors (Lipinski definition) is 0. The van der Waals surface area contributed by atoms with Crippen LogP contribution in [0.1, 0.15) is 18.1 Å². The molecule has 1 heterocycles. The Bertz CT molecular complexity index is 612. The van der Waals surface area contributed by atoms with E-state index >= 15 is 0 Å². The van der Waals surface area contributed by atoms with Crippen molar-refractivity contribution in [3.05, 3.63) is 59.7 Å². The smallest absolute Gasteiger partial charge is 0.231 e. The van der Waals surface area contributed by atoms with E-state index in [1.54, 1.807) is 0 Å². The zero-order chi connectivity index (χ0) is 15.4. The molecular formula is C19H23NO2. The number of hydrogen-bond acceptors (Lipinski definition) is 3. The molecule has 0 saturated carbocycles. The van der Waals surface area contributed by atoms with Gasteiger partial charge in [0, 0.05) is 13.1 Å². The van der Waals surface area contributed by atoms with Crippen molar-refractivity contribution in [1.29, 1.82) is 0 Å². The monoisotopic (exact) mass is 297 g/mol. The van der Waals surface area contributed by atoms with Crippen molar-refractivity contribution in [3.63, 3.8) is 0 Å². The average Bonchev–Trinajstić information content (AvgIpc) is 2.95. The number of rotatable bonds is 6. The topological polar surface area (TPSA) is 21.7 Å². The molecule has 2 aromatic rings. The number of nitrogens with zero attached hydrogens (tertiary/aromatic N) is 1. The zero-order valence-electron chi connectivity index (χ0n) is 13.3. The van der Waals surface area contributed by atoms with Gasteiger partial charge in [-0.25, -0.2) is 0 Å². The van der Waals surface area contributed by atoms with Gasteiger partial charge in [-0.05, 0) is 42.6 Å². The van der Waals surface area contributed by atoms with Gasteiger partial charge in [-0.3, -0.25) is 0 Å². The van der Waals surface area contributed by atoms with E-state index in [1.165, 1.54) is 11.1 Å². The highest BCUT2D eigenvalue weighted by Crippen LogP contribution is 2.33. The Labute approximate surface area is 132 Å². The largest absolute Gasteiger partial charge is 0.454 e. The second kappa shape index (κ2) is 6.84. The molecule has 0 aromatic heterocycles. The SMILES string of the molecule is CC(Cc1ccc2c(c1)OCO2)CN(C)Cc1ccccc1. The zero-order valence-corrected chi connectivity index (χ0v) is 13.3. The van der Waals surface area contributed by atoms with Crippen LogP contribution < -0.4 is 9.47 Å². The molecule has 3 rings (SSSR count). The van der Waals surface area contributed by atoms with Gasteiger partial charge < -0.3 is 14.4 Å². The van der Waals surface area contributed by atoms with Crippen LogP contribution >= 0.6 is 0 Å². The number of benzene rings is 2. The molecule has 3 nitrogen and oxygen atoms in total. The van der Waals surface area contributed by atoms with Gasteiger partial charge in [0.2, 0.25) is 6.79 Å². The molecule has 22 heavy (non-hydrogen) atoms. The molecule has 0 bridgehead atoms. The lowest BCUT2D eigenvalue weighted by atomic mass is 10.00. The fraction of sp³-hybridized carbons (Fsp3) is 0.368. The Hall–Kier alpha value is -2.00. The fourth-order valence-corrected chi connectivity index (χ4v) is 3.03. The second-order valence-corrected chi connectivity index (χ2v) is 6.18. The van der Waals surface area contributed by atoms with Crippen LogP contribution in [0.2, 0.25) is 0 Å². The van der Waals surface area contributed by atoms with Gasteiger partial charge in [0.25, 0.3) is 0 Å². The summed E-state index contributed by atoms with van der Waals surface area (Å²) >= 11 is 0. The summed E-state index contributed by atoms with van der Waals surface area (Å²) in [6.07, 6.45) is 1.05. The first kappa shape index (κ1) is 14.9.